The summed E-state index contributed by atoms with van der Waals surface area (Å²) in [5.41, 5.74) is -0.156. The number of carbonyl (C=O) groups is 3. The fraction of sp³-hybridized carbons (Fsp3) is 0.640. The highest BCUT2D eigenvalue weighted by Gasteiger charge is 2.60. The molecule has 2 saturated heterocycles. The Kier molecular flexibility index (Phi) is 10.5. The molecule has 0 bridgehead atoms. The summed E-state index contributed by atoms with van der Waals surface area (Å²) in [5.74, 6) is -1.42. The maximum Gasteiger partial charge on any atom is 0.408 e. The van der Waals surface area contributed by atoms with Crippen molar-refractivity contribution in [1.29, 1.82) is 0 Å². The molecule has 0 aliphatic carbocycles. The minimum atomic E-state index is -4.70. The van der Waals surface area contributed by atoms with Crippen LogP contribution >= 0.6 is 0 Å². The minimum absolute atomic E-state index is 0.0412. The van der Waals surface area contributed by atoms with Crippen molar-refractivity contribution in [3.8, 4) is 5.75 Å². The first kappa shape index (κ1) is 31.3. The number of aromatic hydroxyl groups is 1. The third-order valence-corrected chi connectivity index (χ3v) is 7.32. The highest BCUT2D eigenvalue weighted by atomic mass is 32.2. The Labute approximate surface area is 224 Å². The Balaban J connectivity index is 0.000000638. The molecule has 3 amide bonds. The lowest BCUT2D eigenvalue weighted by atomic mass is 9.99. The Morgan fingerprint density at radius 1 is 1.13 bits per heavy atom. The number of hydrogen-bond acceptors (Lipinski definition) is 8. The molecule has 2 heterocycles. The number of phenols is 1. The first-order valence-corrected chi connectivity index (χ1v) is 14.1. The largest absolute Gasteiger partial charge is 0.508 e. The summed E-state index contributed by atoms with van der Waals surface area (Å²) in [6.45, 7) is 15.2. The summed E-state index contributed by atoms with van der Waals surface area (Å²) in [6.07, 6.45) is -0.581. The van der Waals surface area contributed by atoms with Gasteiger partial charge < -0.3 is 25.0 Å². The van der Waals surface area contributed by atoms with Gasteiger partial charge in [-0.1, -0.05) is 32.9 Å². The van der Waals surface area contributed by atoms with Crippen LogP contribution in [-0.4, -0.2) is 100.0 Å². The fourth-order valence-electron chi connectivity index (χ4n) is 4.45. The molecule has 0 radical (unpaired) electrons. The van der Waals surface area contributed by atoms with Gasteiger partial charge in [0.1, 0.15) is 23.4 Å². The van der Waals surface area contributed by atoms with Gasteiger partial charge >= 0.3 is 16.4 Å². The van der Waals surface area contributed by atoms with Crippen LogP contribution in [0.3, 0.4) is 0 Å². The molecule has 2 aliphatic rings. The van der Waals surface area contributed by atoms with E-state index in [4.69, 9.17) is 4.74 Å². The summed E-state index contributed by atoms with van der Waals surface area (Å²) in [6, 6.07) is 3.12. The average Bonchev–Trinajstić information content (AvgIpc) is 3.17. The molecular formula is C25H40N4O8S. The summed E-state index contributed by atoms with van der Waals surface area (Å²) in [4.78, 5) is 41.4. The summed E-state index contributed by atoms with van der Waals surface area (Å²) >= 11 is 0. The molecule has 1 aromatic rings. The Hall–Kier alpha value is -2.90. The molecule has 2 fully saturated rings. The molecule has 38 heavy (non-hydrogen) atoms. The number of amides is 3. The van der Waals surface area contributed by atoms with Crippen molar-refractivity contribution in [2.24, 2.45) is 0 Å². The molecule has 12 nitrogen and oxygen atoms in total. The monoisotopic (exact) mass is 556 g/mol. The van der Waals surface area contributed by atoms with Crippen LogP contribution in [0.1, 0.15) is 53.5 Å². The van der Waals surface area contributed by atoms with Gasteiger partial charge in [0.2, 0.25) is 5.91 Å². The van der Waals surface area contributed by atoms with Crippen molar-refractivity contribution in [3.63, 3.8) is 0 Å². The molecule has 214 valence electrons. The Bertz CT molecular complexity index is 1080. The second-order valence-corrected chi connectivity index (χ2v) is 11.4. The van der Waals surface area contributed by atoms with Crippen LogP contribution in [0.25, 0.3) is 0 Å². The van der Waals surface area contributed by atoms with E-state index in [-0.39, 0.29) is 25.1 Å². The Morgan fingerprint density at radius 2 is 1.68 bits per heavy atom. The van der Waals surface area contributed by atoms with Crippen LogP contribution < -0.4 is 5.32 Å². The number of ether oxygens (including phenoxy) is 1. The number of alkyl carbamates (subject to hydrolysis) is 1. The summed E-state index contributed by atoms with van der Waals surface area (Å²) in [5, 5.41) is 12.0. The van der Waals surface area contributed by atoms with Gasteiger partial charge in [0.25, 0.3) is 5.91 Å². The minimum Gasteiger partial charge on any atom is -0.508 e. The number of β-lactam (4-membered cyclic amide) rings is 1. The van der Waals surface area contributed by atoms with E-state index in [0.717, 1.165) is 0 Å². The van der Waals surface area contributed by atoms with Crippen molar-refractivity contribution in [1.82, 2.24) is 19.4 Å². The molecule has 2 aliphatic heterocycles. The van der Waals surface area contributed by atoms with Crippen LogP contribution in [-0.2, 0) is 31.1 Å². The van der Waals surface area contributed by atoms with Crippen LogP contribution in [0.15, 0.2) is 24.3 Å². The van der Waals surface area contributed by atoms with Crippen LogP contribution in [0, 0.1) is 0 Å². The summed E-state index contributed by atoms with van der Waals surface area (Å²) < 4.78 is 37.6. The van der Waals surface area contributed by atoms with Crippen molar-refractivity contribution in [2.45, 2.75) is 78.1 Å². The zero-order valence-corrected chi connectivity index (χ0v) is 23.7. The third kappa shape index (κ3) is 8.05. The van der Waals surface area contributed by atoms with Crippen LogP contribution in [0.2, 0.25) is 0 Å². The van der Waals surface area contributed by atoms with E-state index in [2.05, 4.69) is 31.0 Å². The molecule has 0 spiro atoms. The van der Waals surface area contributed by atoms with Crippen molar-refractivity contribution in [3.05, 3.63) is 29.8 Å². The number of rotatable bonds is 8. The number of nitrogens with zero attached hydrogens (tertiary/aromatic N) is 3. The number of fused-ring (bicyclic) bond motifs is 1. The number of phenolic OH excluding ortho intramolecular Hbond substituents is 1. The van der Waals surface area contributed by atoms with Gasteiger partial charge in [-0.05, 0) is 64.5 Å². The number of likely N-dealkylation sites (tertiary alicyclic amines) is 1. The van der Waals surface area contributed by atoms with Crippen molar-refractivity contribution >= 4 is 28.2 Å². The van der Waals surface area contributed by atoms with E-state index in [9.17, 15) is 32.5 Å². The third-order valence-electron chi connectivity index (χ3n) is 6.38. The quantitative estimate of drug-likeness (QED) is 0.321. The molecule has 0 saturated carbocycles. The van der Waals surface area contributed by atoms with Crippen molar-refractivity contribution < 1.29 is 37.2 Å². The number of hydrogen-bond donors (Lipinski definition) is 3. The van der Waals surface area contributed by atoms with Gasteiger partial charge in [0.15, 0.2) is 0 Å². The smallest absolute Gasteiger partial charge is 0.408 e. The van der Waals surface area contributed by atoms with Gasteiger partial charge in [-0.3, -0.25) is 14.1 Å². The first-order chi connectivity index (χ1) is 17.6. The van der Waals surface area contributed by atoms with E-state index >= 15 is 0 Å². The standard InChI is InChI=1S/C19H25N3O8S.C6H15N/c1-19(2,3)30-18(26)20-13(10-11-4-6-12(23)7-5-11)16(24)21-9-8-14-15(21)17(25)22(14)31(27,28)29;1-4-7(5-2)6-3/h4-7,13-15,23H,8-10H2,1-3H3,(H,20,26)(H,27,28,29);4-6H2,1-3H3/t13-,14+,15-;/m0./s1. The molecule has 0 unspecified atom stereocenters. The normalized spacial score (nSPS) is 19.7. The highest BCUT2D eigenvalue weighted by molar-refractivity contribution is 7.84. The van der Waals surface area contributed by atoms with Crippen molar-refractivity contribution in [2.75, 3.05) is 26.2 Å². The fourth-order valence-corrected chi connectivity index (χ4v) is 5.35. The zero-order valence-electron chi connectivity index (χ0n) is 22.9. The molecular weight excluding hydrogens is 516 g/mol. The van der Waals surface area contributed by atoms with E-state index in [1.54, 1.807) is 32.9 Å². The maximum atomic E-state index is 13.2. The van der Waals surface area contributed by atoms with Crippen LogP contribution in [0.4, 0.5) is 4.79 Å². The van der Waals surface area contributed by atoms with E-state index in [0.29, 0.717) is 9.87 Å². The first-order valence-electron chi connectivity index (χ1n) is 12.7. The topological polar surface area (TPSA) is 157 Å². The molecule has 1 aromatic carbocycles. The lowest BCUT2D eigenvalue weighted by Gasteiger charge is -2.43. The molecule has 3 N–H and O–H groups in total. The maximum absolute atomic E-state index is 13.2. The molecule has 3 atom stereocenters. The number of nitrogens with one attached hydrogen (secondary N) is 1. The lowest BCUT2D eigenvalue weighted by molar-refractivity contribution is -0.152. The zero-order chi connectivity index (χ0) is 28.8. The van der Waals surface area contributed by atoms with Crippen LogP contribution in [0.5, 0.6) is 5.75 Å². The Morgan fingerprint density at radius 3 is 2.13 bits per heavy atom. The van der Waals surface area contributed by atoms with Gasteiger partial charge in [-0.2, -0.15) is 8.42 Å². The van der Waals surface area contributed by atoms with E-state index in [1.165, 1.54) is 36.7 Å². The predicted molar refractivity (Wildman–Crippen MR) is 141 cm³/mol. The van der Waals surface area contributed by atoms with E-state index < -0.39 is 51.9 Å². The SMILES string of the molecule is CC(C)(C)OC(=O)N[C@@H](Cc1ccc(O)cc1)C(=O)N1CC[C@@H]2[C@H]1C(=O)N2S(=O)(=O)O.CCN(CC)CC. The predicted octanol–water partition coefficient (Wildman–Crippen LogP) is 1.79. The number of carbonyl (C=O) groups excluding carboxylic acids is 3. The average molecular weight is 557 g/mol. The van der Waals surface area contributed by atoms with E-state index in [1.807, 2.05) is 0 Å². The number of benzene rings is 1. The second-order valence-electron chi connectivity index (χ2n) is 10.1. The van der Waals surface area contributed by atoms with Gasteiger partial charge in [-0.15, -0.1) is 0 Å². The summed E-state index contributed by atoms with van der Waals surface area (Å²) in [7, 11) is -4.70. The molecule has 3 rings (SSSR count). The second kappa shape index (κ2) is 12.8. The molecule has 13 heteroatoms. The van der Waals surface area contributed by atoms with Gasteiger partial charge in [0, 0.05) is 13.0 Å². The van der Waals surface area contributed by atoms with Gasteiger partial charge in [-0.25, -0.2) is 9.10 Å². The highest BCUT2D eigenvalue weighted by Crippen LogP contribution is 2.36. The molecule has 0 aromatic heterocycles. The van der Waals surface area contributed by atoms with Gasteiger partial charge in [0.05, 0.1) is 6.04 Å². The lowest BCUT2D eigenvalue weighted by Crippen LogP contribution is -2.69.